The molecule has 0 saturated carbocycles. The van der Waals surface area contributed by atoms with Crippen molar-refractivity contribution in [1.82, 2.24) is 0 Å². The van der Waals surface area contributed by atoms with Crippen molar-refractivity contribution in [2.45, 2.75) is 89.3 Å². The molecule has 0 aliphatic carbocycles. The van der Waals surface area contributed by atoms with Crippen LogP contribution >= 0.6 is 0 Å². The molecule has 0 unspecified atom stereocenters. The first-order chi connectivity index (χ1) is 12.1. The van der Waals surface area contributed by atoms with E-state index in [4.69, 9.17) is 14.6 Å². The summed E-state index contributed by atoms with van der Waals surface area (Å²) in [5.41, 5.74) is 0. The molecule has 3 saturated heterocycles. The zero-order valence-electron chi connectivity index (χ0n) is 16.2. The van der Waals surface area contributed by atoms with E-state index in [1.54, 1.807) is 0 Å². The van der Waals surface area contributed by atoms with E-state index < -0.39 is 12.1 Å². The maximum Gasteiger partial charge on any atom is 0.303 e. The fraction of sp³-hybridized carbons (Fsp3) is 0.750. The Kier molecular flexibility index (Phi) is 12.8. The van der Waals surface area contributed by atoms with Gasteiger partial charge >= 0.3 is 5.97 Å². The summed E-state index contributed by atoms with van der Waals surface area (Å²) < 4.78 is 11.6. The number of carboxylic acid groups (broad SMARTS) is 1. The number of aliphatic carboxylic acids is 1. The Hall–Kier alpha value is 0.466. The molecule has 2 bridgehead atoms. The first-order valence-electron chi connectivity index (χ1n) is 9.64. The molecule has 143 valence electrons. The molecular weight excluding hydrogens is 359 g/mol. The first-order valence-corrected chi connectivity index (χ1v) is 9.64. The van der Waals surface area contributed by atoms with Crippen molar-refractivity contribution < 1.29 is 24.5 Å². The Morgan fingerprint density at radius 3 is 2.69 bits per heavy atom. The molecule has 0 spiro atoms. The van der Waals surface area contributed by atoms with Gasteiger partial charge in [0.05, 0.1) is 18.3 Å². The van der Waals surface area contributed by atoms with Gasteiger partial charge in [-0.05, 0) is 25.7 Å². The van der Waals surface area contributed by atoms with Crippen LogP contribution in [0.3, 0.4) is 0 Å². The number of aliphatic hydroxyl groups excluding tert-OH is 1. The summed E-state index contributed by atoms with van der Waals surface area (Å²) >= 11 is 0. The summed E-state index contributed by atoms with van der Waals surface area (Å²) in [6, 6.07) is 0. The number of carbonyl (C=O) groups is 1. The number of rotatable bonds is 12. The fourth-order valence-electron chi connectivity index (χ4n) is 3.38. The van der Waals surface area contributed by atoms with Crippen LogP contribution in [0.25, 0.3) is 0 Å². The van der Waals surface area contributed by atoms with E-state index in [9.17, 15) is 9.90 Å². The summed E-state index contributed by atoms with van der Waals surface area (Å²) in [6.07, 6.45) is 15.4. The van der Waals surface area contributed by atoms with Crippen LogP contribution < -0.4 is 0 Å². The van der Waals surface area contributed by atoms with Gasteiger partial charge in [0.15, 0.2) is 6.29 Å². The van der Waals surface area contributed by atoms with Crippen LogP contribution in [0.1, 0.15) is 64.7 Å². The van der Waals surface area contributed by atoms with Crippen molar-refractivity contribution in [3.63, 3.8) is 0 Å². The van der Waals surface area contributed by atoms with Crippen LogP contribution in [0.5, 0.6) is 0 Å². The molecule has 3 rings (SSSR count). The molecule has 0 aromatic carbocycles. The zero-order chi connectivity index (χ0) is 18.1. The van der Waals surface area contributed by atoms with Crippen LogP contribution in [0.15, 0.2) is 24.3 Å². The van der Waals surface area contributed by atoms with Gasteiger partial charge < -0.3 is 19.7 Å². The molecule has 3 fully saturated rings. The molecule has 0 aromatic rings. The third kappa shape index (κ3) is 8.65. The standard InChI is InChI=1S/C20H32O5.K/c1-2-3-6-9-15(21)12-13-17-16(18-14-20(24-17)25-18)10-7-4-5-8-11-19(22)23;/h4,7,12-13,15-18,20-21H,2-3,5-6,8-11,14H2,1H3,(H,22,23);/b7-4-,13-12+;/t15-,16+,17+,18-,20+;/m0./s1. The number of allylic oxidation sites excluding steroid dienone is 2. The Labute approximate surface area is 199 Å². The topological polar surface area (TPSA) is 76.0 Å². The van der Waals surface area contributed by atoms with Crippen molar-refractivity contribution in [2.24, 2.45) is 5.92 Å². The molecule has 6 heteroatoms. The van der Waals surface area contributed by atoms with E-state index >= 15 is 0 Å². The average molecular weight is 392 g/mol. The third-order valence-electron chi connectivity index (χ3n) is 4.92. The van der Waals surface area contributed by atoms with Gasteiger partial charge in [-0.3, -0.25) is 4.79 Å². The predicted octanol–water partition coefficient (Wildman–Crippen LogP) is 3.43. The predicted molar refractivity (Wildman–Crippen MR) is 102 cm³/mol. The van der Waals surface area contributed by atoms with Gasteiger partial charge in [0, 0.05) is 70.1 Å². The van der Waals surface area contributed by atoms with E-state index in [0.717, 1.165) is 44.9 Å². The second-order valence-electron chi connectivity index (χ2n) is 7.05. The monoisotopic (exact) mass is 391 g/mol. The fourth-order valence-corrected chi connectivity index (χ4v) is 3.38. The largest absolute Gasteiger partial charge is 0.481 e. The zero-order valence-corrected chi connectivity index (χ0v) is 19.3. The van der Waals surface area contributed by atoms with Crippen molar-refractivity contribution in [1.29, 1.82) is 0 Å². The molecule has 0 aromatic heterocycles. The van der Waals surface area contributed by atoms with Crippen molar-refractivity contribution in [3.05, 3.63) is 24.3 Å². The number of ether oxygens (including phenoxy) is 2. The molecule has 5 nitrogen and oxygen atoms in total. The molecule has 0 amide bonds. The van der Waals surface area contributed by atoms with E-state index in [2.05, 4.69) is 13.0 Å². The Bertz CT molecular complexity index is 459. The summed E-state index contributed by atoms with van der Waals surface area (Å²) in [5.74, 6) is -0.481. The SMILES string of the molecule is CCCCC[C@H](O)/C=C/[C@H]1O[C@H]2C[C@H](O2)[C@@H]1C/C=C\CCCC(=O)O.[K]. The van der Waals surface area contributed by atoms with Crippen LogP contribution in [0, 0.1) is 5.92 Å². The molecule has 3 aliphatic rings. The number of fused-ring (bicyclic) bond motifs is 2. The molecule has 1 radical (unpaired) electrons. The van der Waals surface area contributed by atoms with Gasteiger partial charge in [0.2, 0.25) is 0 Å². The van der Waals surface area contributed by atoms with Crippen molar-refractivity contribution in [2.75, 3.05) is 0 Å². The minimum absolute atomic E-state index is 0. The van der Waals surface area contributed by atoms with Crippen molar-refractivity contribution >= 4 is 57.4 Å². The second-order valence-corrected chi connectivity index (χ2v) is 7.05. The summed E-state index contributed by atoms with van der Waals surface area (Å²) in [7, 11) is 0. The van der Waals surface area contributed by atoms with Crippen LogP contribution in [0.2, 0.25) is 0 Å². The van der Waals surface area contributed by atoms with Crippen LogP contribution in [-0.2, 0) is 14.3 Å². The molecule has 3 aliphatic heterocycles. The van der Waals surface area contributed by atoms with Crippen LogP contribution in [-0.4, -0.2) is 92.2 Å². The summed E-state index contributed by atoms with van der Waals surface area (Å²) in [5, 5.41) is 18.7. The summed E-state index contributed by atoms with van der Waals surface area (Å²) in [6.45, 7) is 2.16. The van der Waals surface area contributed by atoms with Gasteiger partial charge in [-0.15, -0.1) is 0 Å². The van der Waals surface area contributed by atoms with Gasteiger partial charge in [0.1, 0.15) is 0 Å². The molecule has 26 heavy (non-hydrogen) atoms. The average Bonchev–Trinajstić information content (AvgIpc) is 2.55. The number of aliphatic hydroxyl groups is 1. The second kappa shape index (κ2) is 13.6. The first kappa shape index (κ1) is 24.5. The maximum atomic E-state index is 10.5. The van der Waals surface area contributed by atoms with Gasteiger partial charge in [0.25, 0.3) is 0 Å². The number of unbranched alkanes of at least 4 members (excludes halogenated alkanes) is 3. The summed E-state index contributed by atoms with van der Waals surface area (Å²) in [4.78, 5) is 10.5. The Morgan fingerprint density at radius 2 is 2.00 bits per heavy atom. The van der Waals surface area contributed by atoms with Gasteiger partial charge in [-0.2, -0.15) is 0 Å². The number of carboxylic acids is 1. The van der Waals surface area contributed by atoms with E-state index in [-0.39, 0.29) is 82.2 Å². The molecule has 2 N–H and O–H groups in total. The molecular formula is C20H32KO5. The van der Waals surface area contributed by atoms with E-state index in [0.29, 0.717) is 6.42 Å². The van der Waals surface area contributed by atoms with E-state index in [1.165, 1.54) is 0 Å². The Balaban J connectivity index is 0.00000338. The number of hydrogen-bond acceptors (Lipinski definition) is 4. The van der Waals surface area contributed by atoms with E-state index in [1.807, 2.05) is 18.2 Å². The van der Waals surface area contributed by atoms with Gasteiger partial charge in [-0.1, -0.05) is 50.5 Å². The van der Waals surface area contributed by atoms with Crippen LogP contribution in [0.4, 0.5) is 0 Å². The molecule has 5 atom stereocenters. The smallest absolute Gasteiger partial charge is 0.303 e. The van der Waals surface area contributed by atoms with Gasteiger partial charge in [-0.25, -0.2) is 0 Å². The minimum Gasteiger partial charge on any atom is -0.481 e. The Morgan fingerprint density at radius 1 is 1.23 bits per heavy atom. The maximum absolute atomic E-state index is 10.5. The molecule has 3 heterocycles. The number of hydrogen-bond donors (Lipinski definition) is 2. The van der Waals surface area contributed by atoms with Crippen molar-refractivity contribution in [3.8, 4) is 0 Å². The minimum atomic E-state index is -0.745. The third-order valence-corrected chi connectivity index (χ3v) is 4.92. The quantitative estimate of drug-likeness (QED) is 0.303. The normalized spacial score (nSPS) is 28.7.